The van der Waals surface area contributed by atoms with Crippen LogP contribution in [0.25, 0.3) is 33.3 Å². The fourth-order valence-electron chi connectivity index (χ4n) is 5.29. The summed E-state index contributed by atoms with van der Waals surface area (Å²) < 4.78 is 0. The van der Waals surface area contributed by atoms with Gasteiger partial charge in [-0.3, -0.25) is 9.69 Å². The third-order valence-electron chi connectivity index (χ3n) is 6.97. The fraction of sp³-hybridized carbons (Fsp3) is 0.250. The fourth-order valence-corrected chi connectivity index (χ4v) is 5.29. The summed E-state index contributed by atoms with van der Waals surface area (Å²) in [5, 5.41) is 13.8. The zero-order chi connectivity index (χ0) is 22.4. The van der Waals surface area contributed by atoms with E-state index in [-0.39, 0.29) is 11.7 Å². The molecule has 1 saturated heterocycles. The van der Waals surface area contributed by atoms with E-state index in [1.165, 1.54) is 43.3 Å². The number of aromatic amines is 1. The van der Waals surface area contributed by atoms with E-state index in [0.717, 1.165) is 45.6 Å². The number of phenols is 1. The second kappa shape index (κ2) is 8.09. The number of likely N-dealkylation sites (tertiary alicyclic amines) is 1. The molecule has 0 unspecified atom stereocenters. The number of aromatic nitrogens is 1. The Kier molecular flexibility index (Phi) is 4.92. The molecular formula is C28H27N3O2. The Hall–Kier alpha value is -3.57. The smallest absolute Gasteiger partial charge is 0.252 e. The lowest BCUT2D eigenvalue weighted by molar-refractivity contribution is 0.0966. The van der Waals surface area contributed by atoms with E-state index in [9.17, 15) is 9.90 Å². The topological polar surface area (TPSA) is 68.4 Å². The zero-order valence-electron chi connectivity index (χ0n) is 18.5. The average molecular weight is 438 g/mol. The molecule has 3 N–H and O–H groups in total. The predicted molar refractivity (Wildman–Crippen MR) is 131 cm³/mol. The van der Waals surface area contributed by atoms with Crippen molar-refractivity contribution >= 4 is 16.8 Å². The normalized spacial score (nSPS) is 16.2. The number of piperidine rings is 1. The molecule has 6 rings (SSSR count). The highest BCUT2D eigenvalue weighted by Crippen LogP contribution is 2.37. The molecule has 2 aliphatic heterocycles. The molecule has 0 saturated carbocycles. The Bertz CT molecular complexity index is 1350. The minimum atomic E-state index is -0.0370. The number of amides is 1. The first-order valence-electron chi connectivity index (χ1n) is 11.7. The number of rotatable bonds is 4. The van der Waals surface area contributed by atoms with Gasteiger partial charge in [-0.25, -0.2) is 0 Å². The number of phenolic OH excluding ortho intramolecular Hbond substituents is 1. The summed E-state index contributed by atoms with van der Waals surface area (Å²) in [6.45, 7) is 3.88. The first-order chi connectivity index (χ1) is 16.2. The highest BCUT2D eigenvalue weighted by Gasteiger charge is 2.27. The molecule has 166 valence electrons. The number of nitrogens with zero attached hydrogens (tertiary/aromatic N) is 1. The molecule has 5 heteroatoms. The molecule has 0 spiro atoms. The molecule has 1 amide bonds. The van der Waals surface area contributed by atoms with Crippen LogP contribution < -0.4 is 5.32 Å². The lowest BCUT2D eigenvalue weighted by Gasteiger charge is -2.26. The van der Waals surface area contributed by atoms with Gasteiger partial charge in [0.15, 0.2) is 0 Å². The monoisotopic (exact) mass is 437 g/mol. The third-order valence-corrected chi connectivity index (χ3v) is 6.97. The molecule has 1 fully saturated rings. The van der Waals surface area contributed by atoms with Crippen molar-refractivity contribution in [3.8, 4) is 28.1 Å². The van der Waals surface area contributed by atoms with Gasteiger partial charge in [0, 0.05) is 35.2 Å². The maximum Gasteiger partial charge on any atom is 0.252 e. The molecular weight excluding hydrogens is 410 g/mol. The van der Waals surface area contributed by atoms with Crippen LogP contribution >= 0.6 is 0 Å². The van der Waals surface area contributed by atoms with Crippen molar-refractivity contribution in [2.45, 2.75) is 32.4 Å². The molecule has 4 aromatic rings. The summed E-state index contributed by atoms with van der Waals surface area (Å²) in [4.78, 5) is 18.9. The van der Waals surface area contributed by atoms with Gasteiger partial charge in [-0.15, -0.1) is 0 Å². The molecule has 0 atom stereocenters. The van der Waals surface area contributed by atoms with Gasteiger partial charge < -0.3 is 15.4 Å². The van der Waals surface area contributed by atoms with Crippen molar-refractivity contribution in [3.63, 3.8) is 0 Å². The van der Waals surface area contributed by atoms with Crippen LogP contribution in [0.15, 0.2) is 60.7 Å². The SMILES string of the molecule is O=C1NCc2c(-c3ccc(O)cc3)ccc(-c3cc4cc(CN5CCCCC5)ccc4[nH]3)c21. The van der Waals surface area contributed by atoms with E-state index < -0.39 is 0 Å². The van der Waals surface area contributed by atoms with Crippen LogP contribution in [0.5, 0.6) is 5.75 Å². The number of H-pyrrole nitrogens is 1. The van der Waals surface area contributed by atoms with Gasteiger partial charge in [-0.2, -0.15) is 0 Å². The number of carbonyl (C=O) groups is 1. The number of aromatic hydroxyl groups is 1. The van der Waals surface area contributed by atoms with E-state index in [1.807, 2.05) is 18.2 Å². The lowest BCUT2D eigenvalue weighted by Crippen LogP contribution is -2.28. The largest absolute Gasteiger partial charge is 0.508 e. The van der Waals surface area contributed by atoms with Crippen molar-refractivity contribution in [1.29, 1.82) is 0 Å². The third kappa shape index (κ3) is 3.68. The van der Waals surface area contributed by atoms with Gasteiger partial charge in [0.1, 0.15) is 5.75 Å². The lowest BCUT2D eigenvalue weighted by atomic mass is 9.92. The van der Waals surface area contributed by atoms with Crippen LogP contribution in [-0.2, 0) is 13.1 Å². The number of hydrogen-bond donors (Lipinski definition) is 3. The molecule has 1 aromatic heterocycles. The molecule has 33 heavy (non-hydrogen) atoms. The average Bonchev–Trinajstić information content (AvgIpc) is 3.44. The maximum atomic E-state index is 12.8. The van der Waals surface area contributed by atoms with Crippen molar-refractivity contribution < 1.29 is 9.90 Å². The number of hydrogen-bond acceptors (Lipinski definition) is 3. The van der Waals surface area contributed by atoms with Crippen LogP contribution in [0.2, 0.25) is 0 Å². The minimum absolute atomic E-state index is 0.0370. The van der Waals surface area contributed by atoms with Crippen LogP contribution in [-0.4, -0.2) is 34.0 Å². The van der Waals surface area contributed by atoms with Gasteiger partial charge >= 0.3 is 0 Å². The Morgan fingerprint density at radius 2 is 1.67 bits per heavy atom. The van der Waals surface area contributed by atoms with E-state index in [4.69, 9.17) is 0 Å². The summed E-state index contributed by atoms with van der Waals surface area (Å²) in [5.41, 5.74) is 8.07. The van der Waals surface area contributed by atoms with Crippen LogP contribution in [0.3, 0.4) is 0 Å². The van der Waals surface area contributed by atoms with Crippen LogP contribution in [0.1, 0.15) is 40.7 Å². The van der Waals surface area contributed by atoms with Crippen molar-refractivity contribution in [2.24, 2.45) is 0 Å². The molecule has 5 nitrogen and oxygen atoms in total. The van der Waals surface area contributed by atoms with E-state index in [0.29, 0.717) is 6.54 Å². The maximum absolute atomic E-state index is 12.8. The highest BCUT2D eigenvalue weighted by atomic mass is 16.3. The van der Waals surface area contributed by atoms with Crippen molar-refractivity contribution in [2.75, 3.05) is 13.1 Å². The second-order valence-electron chi connectivity index (χ2n) is 9.19. The predicted octanol–water partition coefficient (Wildman–Crippen LogP) is 5.44. The summed E-state index contributed by atoms with van der Waals surface area (Å²) in [5.74, 6) is 0.198. The van der Waals surface area contributed by atoms with E-state index >= 15 is 0 Å². The Balaban J connectivity index is 1.38. The van der Waals surface area contributed by atoms with Crippen LogP contribution in [0, 0.1) is 0 Å². The number of carbonyl (C=O) groups excluding carboxylic acids is 1. The summed E-state index contributed by atoms with van der Waals surface area (Å²) in [7, 11) is 0. The zero-order valence-corrected chi connectivity index (χ0v) is 18.5. The van der Waals surface area contributed by atoms with E-state index in [1.54, 1.807) is 12.1 Å². The van der Waals surface area contributed by atoms with Gasteiger partial charge in [0.2, 0.25) is 0 Å². The molecule has 0 radical (unpaired) electrons. The number of fused-ring (bicyclic) bond motifs is 2. The highest BCUT2D eigenvalue weighted by molar-refractivity contribution is 6.07. The first-order valence-corrected chi connectivity index (χ1v) is 11.7. The van der Waals surface area contributed by atoms with Gasteiger partial charge in [0.05, 0.1) is 5.56 Å². The van der Waals surface area contributed by atoms with Gasteiger partial charge in [0.25, 0.3) is 5.91 Å². The minimum Gasteiger partial charge on any atom is -0.508 e. The number of benzene rings is 3. The molecule has 0 bridgehead atoms. The summed E-state index contributed by atoms with van der Waals surface area (Å²) in [6.07, 6.45) is 3.94. The molecule has 2 aliphatic rings. The number of nitrogens with one attached hydrogen (secondary N) is 2. The molecule has 0 aliphatic carbocycles. The van der Waals surface area contributed by atoms with Gasteiger partial charge in [-0.05, 0) is 78.5 Å². The Morgan fingerprint density at radius 3 is 2.48 bits per heavy atom. The summed E-state index contributed by atoms with van der Waals surface area (Å²) in [6, 6.07) is 20.1. The second-order valence-corrected chi connectivity index (χ2v) is 9.19. The molecule has 3 aromatic carbocycles. The first kappa shape index (κ1) is 20.1. The van der Waals surface area contributed by atoms with Crippen LogP contribution in [0.4, 0.5) is 0 Å². The van der Waals surface area contributed by atoms with Crippen molar-refractivity contribution in [1.82, 2.24) is 15.2 Å². The molecule has 3 heterocycles. The summed E-state index contributed by atoms with van der Waals surface area (Å²) >= 11 is 0. The van der Waals surface area contributed by atoms with Gasteiger partial charge in [-0.1, -0.05) is 36.8 Å². The quantitative estimate of drug-likeness (QED) is 0.398. The van der Waals surface area contributed by atoms with E-state index in [2.05, 4.69) is 45.5 Å². The van der Waals surface area contributed by atoms with Crippen molar-refractivity contribution in [3.05, 3.63) is 77.4 Å². The Morgan fingerprint density at radius 1 is 0.879 bits per heavy atom. The Labute approximate surface area is 193 Å². The standard InChI is InChI=1S/C28H27N3O2/c32-21-7-5-19(6-8-21)22-9-10-23(27-24(22)16-29-28(27)33)26-15-20-14-18(4-11-25(20)30-26)17-31-12-2-1-3-13-31/h4-11,14-15,30,32H,1-3,12-13,16-17H2,(H,29,33).